The van der Waals surface area contributed by atoms with Gasteiger partial charge >= 0.3 is 0 Å². The summed E-state index contributed by atoms with van der Waals surface area (Å²) in [6.07, 6.45) is 13.4. The molecule has 0 aromatic carbocycles. The summed E-state index contributed by atoms with van der Waals surface area (Å²) in [5.74, 6) is 0. The fourth-order valence-corrected chi connectivity index (χ4v) is 1.48. The molecule has 0 fully saturated rings. The van der Waals surface area contributed by atoms with E-state index in [2.05, 4.69) is 25.1 Å². The van der Waals surface area contributed by atoms with Crippen molar-refractivity contribution in [3.8, 4) is 0 Å². The predicted octanol–water partition coefficient (Wildman–Crippen LogP) is 5.84. The summed E-state index contributed by atoms with van der Waals surface area (Å²) >= 11 is 0. The molecule has 0 unspecified atom stereocenters. The van der Waals surface area contributed by atoms with Gasteiger partial charge in [-0.25, -0.2) is 0 Å². The second-order valence-electron chi connectivity index (χ2n) is 3.31. The van der Waals surface area contributed by atoms with Crippen LogP contribution in [0.2, 0.25) is 0 Å². The minimum Gasteiger partial charge on any atom is -0.355 e. The molecule has 20 heavy (non-hydrogen) atoms. The van der Waals surface area contributed by atoms with Gasteiger partial charge in [0.2, 0.25) is 0 Å². The van der Waals surface area contributed by atoms with E-state index in [9.17, 15) is 0 Å². The van der Waals surface area contributed by atoms with Crippen LogP contribution in [0.25, 0.3) is 0 Å². The van der Waals surface area contributed by atoms with Gasteiger partial charge in [0.1, 0.15) is 0 Å². The summed E-state index contributed by atoms with van der Waals surface area (Å²) in [6.45, 7) is 21.4. The molecule has 0 aromatic rings. The van der Waals surface area contributed by atoms with Crippen LogP contribution < -0.4 is 5.32 Å². The molecule has 0 aromatic heterocycles. The molecule has 0 saturated carbocycles. The highest BCUT2D eigenvalue weighted by molar-refractivity contribution is 5.51. The van der Waals surface area contributed by atoms with Gasteiger partial charge in [0.25, 0.3) is 0 Å². The Morgan fingerprint density at radius 2 is 1.25 bits per heavy atom. The van der Waals surface area contributed by atoms with Crippen LogP contribution in [0.5, 0.6) is 0 Å². The van der Waals surface area contributed by atoms with Crippen LogP contribution in [-0.4, -0.2) is 0 Å². The minimum absolute atomic E-state index is 0.955. The van der Waals surface area contributed by atoms with Gasteiger partial charge in [-0.05, 0) is 30.2 Å². The van der Waals surface area contributed by atoms with Crippen molar-refractivity contribution in [2.24, 2.45) is 0 Å². The van der Waals surface area contributed by atoms with Crippen molar-refractivity contribution in [3.05, 3.63) is 84.8 Å². The third-order valence-corrected chi connectivity index (χ3v) is 2.31. The monoisotopic (exact) mass is 271 g/mol. The van der Waals surface area contributed by atoms with Gasteiger partial charge in [-0.1, -0.05) is 77.8 Å². The van der Waals surface area contributed by atoms with Gasteiger partial charge in [-0.15, -0.1) is 0 Å². The lowest BCUT2D eigenvalue weighted by atomic mass is 10.1. The Kier molecular flexibility index (Phi) is 13.6. The average molecular weight is 271 g/mol. The van der Waals surface area contributed by atoms with Crippen LogP contribution in [0.1, 0.15) is 34.6 Å². The largest absolute Gasteiger partial charge is 0.355 e. The van der Waals surface area contributed by atoms with E-state index in [1.54, 1.807) is 12.2 Å². The second kappa shape index (κ2) is 13.4. The Hall–Kier alpha value is -2.02. The summed E-state index contributed by atoms with van der Waals surface area (Å²) in [6, 6.07) is 0. The Morgan fingerprint density at radius 3 is 1.60 bits per heavy atom. The lowest BCUT2D eigenvalue weighted by Gasteiger charge is -2.10. The van der Waals surface area contributed by atoms with E-state index < -0.39 is 0 Å². The van der Waals surface area contributed by atoms with Crippen LogP contribution in [-0.2, 0) is 0 Å². The molecule has 1 aliphatic heterocycles. The lowest BCUT2D eigenvalue weighted by Crippen LogP contribution is -2.11. The zero-order valence-electron chi connectivity index (χ0n) is 13.7. The van der Waals surface area contributed by atoms with Gasteiger partial charge in [0.05, 0.1) is 0 Å². The number of hydrogen-bond donors (Lipinski definition) is 1. The molecular formula is C19H29N. The lowest BCUT2D eigenvalue weighted by molar-refractivity contribution is 1.03. The predicted molar refractivity (Wildman–Crippen MR) is 94.4 cm³/mol. The molecule has 1 aliphatic rings. The molecule has 1 rings (SSSR count). The summed E-state index contributed by atoms with van der Waals surface area (Å²) in [7, 11) is 0. The summed E-state index contributed by atoms with van der Waals surface area (Å²) in [5.41, 5.74) is 4.04. The molecule has 110 valence electrons. The first kappa shape index (κ1) is 20.3. The Bertz CT molecular complexity index is 429. The maximum absolute atomic E-state index is 3.81. The highest BCUT2D eigenvalue weighted by Gasteiger charge is 2.06. The quantitative estimate of drug-likeness (QED) is 0.677. The third kappa shape index (κ3) is 6.24. The first-order valence-corrected chi connectivity index (χ1v) is 7.20. The molecule has 0 bridgehead atoms. The zero-order valence-corrected chi connectivity index (χ0v) is 13.7. The Labute approximate surface area is 125 Å². The zero-order chi connectivity index (χ0) is 16.0. The van der Waals surface area contributed by atoms with Crippen molar-refractivity contribution in [2.45, 2.75) is 34.6 Å². The van der Waals surface area contributed by atoms with Crippen LogP contribution in [0.3, 0.4) is 0 Å². The second-order valence-corrected chi connectivity index (χ2v) is 3.31. The number of rotatable bonds is 4. The van der Waals surface area contributed by atoms with E-state index in [1.807, 2.05) is 65.0 Å². The van der Waals surface area contributed by atoms with E-state index in [-0.39, 0.29) is 0 Å². The standard InChI is InChI=1S/C15H17N.2C2H6/c1-5-9-15-13(7-3)11-10-12(6-2)14(8-4)16-15;2*1-2/h5-11,16H,2-4H2,1H3;2*1-2H3/b9-5-;;. The molecule has 1 heterocycles. The molecule has 0 spiro atoms. The first-order chi connectivity index (χ1) is 9.76. The fraction of sp³-hybridized carbons (Fsp3) is 0.263. The molecule has 0 atom stereocenters. The molecule has 0 amide bonds. The number of hydrogen-bond acceptors (Lipinski definition) is 1. The van der Waals surface area contributed by atoms with E-state index in [4.69, 9.17) is 0 Å². The first-order valence-electron chi connectivity index (χ1n) is 7.20. The van der Waals surface area contributed by atoms with Gasteiger partial charge in [-0.3, -0.25) is 0 Å². The molecule has 0 aliphatic carbocycles. The number of nitrogens with one attached hydrogen (secondary N) is 1. The highest BCUT2D eigenvalue weighted by atomic mass is 14.9. The van der Waals surface area contributed by atoms with Crippen molar-refractivity contribution in [2.75, 3.05) is 0 Å². The van der Waals surface area contributed by atoms with Crippen LogP contribution in [0.4, 0.5) is 0 Å². The molecule has 0 saturated heterocycles. The van der Waals surface area contributed by atoms with Crippen LogP contribution in [0.15, 0.2) is 84.8 Å². The van der Waals surface area contributed by atoms with E-state index in [1.165, 1.54) is 0 Å². The maximum atomic E-state index is 3.81. The van der Waals surface area contributed by atoms with Gasteiger partial charge in [-0.2, -0.15) is 0 Å². The topological polar surface area (TPSA) is 12.0 Å². The Balaban J connectivity index is 0. The average Bonchev–Trinajstić information content (AvgIpc) is 2.70. The van der Waals surface area contributed by atoms with Gasteiger partial charge < -0.3 is 5.32 Å². The van der Waals surface area contributed by atoms with Crippen LogP contribution in [0, 0.1) is 0 Å². The van der Waals surface area contributed by atoms with Crippen molar-refractivity contribution in [3.63, 3.8) is 0 Å². The third-order valence-electron chi connectivity index (χ3n) is 2.31. The highest BCUT2D eigenvalue weighted by Crippen LogP contribution is 2.18. The number of allylic oxidation sites excluding steroid dienone is 9. The maximum Gasteiger partial charge on any atom is 0.0454 e. The molecule has 1 heteroatoms. The Morgan fingerprint density at radius 1 is 0.800 bits per heavy atom. The molecular weight excluding hydrogens is 242 g/mol. The van der Waals surface area contributed by atoms with Crippen molar-refractivity contribution in [1.82, 2.24) is 5.32 Å². The van der Waals surface area contributed by atoms with Crippen LogP contribution >= 0.6 is 0 Å². The normalized spacial score (nSPS) is 13.4. The van der Waals surface area contributed by atoms with Gasteiger partial charge in [0.15, 0.2) is 0 Å². The van der Waals surface area contributed by atoms with E-state index in [0.717, 1.165) is 22.5 Å². The SMILES string of the molecule is C=CC1=C(C=C)NC(/C=C\C)=C(C=C)C=C1.CC.CC. The van der Waals surface area contributed by atoms with E-state index in [0.29, 0.717) is 0 Å². The van der Waals surface area contributed by atoms with E-state index >= 15 is 0 Å². The fourth-order valence-electron chi connectivity index (χ4n) is 1.48. The summed E-state index contributed by atoms with van der Waals surface area (Å²) in [4.78, 5) is 0. The summed E-state index contributed by atoms with van der Waals surface area (Å²) in [5, 5.41) is 3.32. The molecule has 1 nitrogen and oxygen atoms in total. The van der Waals surface area contributed by atoms with Gasteiger partial charge in [0, 0.05) is 11.4 Å². The van der Waals surface area contributed by atoms with Crippen molar-refractivity contribution >= 4 is 0 Å². The summed E-state index contributed by atoms with van der Waals surface area (Å²) < 4.78 is 0. The molecule has 1 N–H and O–H groups in total. The smallest absolute Gasteiger partial charge is 0.0454 e. The molecule has 0 radical (unpaired) electrons. The van der Waals surface area contributed by atoms with Crippen molar-refractivity contribution < 1.29 is 0 Å². The minimum atomic E-state index is 0.955. The van der Waals surface area contributed by atoms with Crippen molar-refractivity contribution in [1.29, 1.82) is 0 Å².